The van der Waals surface area contributed by atoms with E-state index in [9.17, 15) is 14.0 Å². The van der Waals surface area contributed by atoms with Gasteiger partial charge in [-0.25, -0.2) is 4.39 Å². The van der Waals surface area contributed by atoms with Gasteiger partial charge in [-0.15, -0.1) is 0 Å². The van der Waals surface area contributed by atoms with E-state index >= 15 is 0 Å². The molecule has 0 fully saturated rings. The molecule has 0 bridgehead atoms. The van der Waals surface area contributed by atoms with Crippen LogP contribution in [0.25, 0.3) is 0 Å². The first kappa shape index (κ1) is 19.3. The highest BCUT2D eigenvalue weighted by atomic mass is 79.9. The summed E-state index contributed by atoms with van der Waals surface area (Å²) < 4.78 is 13.5. The summed E-state index contributed by atoms with van der Waals surface area (Å²) in [4.78, 5) is 24.3. The number of rotatable bonds is 8. The highest BCUT2D eigenvalue weighted by molar-refractivity contribution is 9.10. The molecule has 0 aromatic heterocycles. The highest BCUT2D eigenvalue weighted by Crippen LogP contribution is 2.20. The molecule has 0 unspecified atom stereocenters. The number of hydrogen-bond acceptors (Lipinski definition) is 3. The monoisotopic (exact) mass is 382 g/mol. The van der Waals surface area contributed by atoms with E-state index in [1.165, 1.54) is 6.07 Å². The van der Waals surface area contributed by atoms with Crippen LogP contribution >= 0.6 is 15.9 Å². The molecule has 1 amide bonds. The number of nitrogens with one attached hydrogen (secondary N) is 1. The second kappa shape index (κ2) is 9.41. The lowest BCUT2D eigenvalue weighted by molar-refractivity contribution is -0.133. The van der Waals surface area contributed by atoms with Crippen molar-refractivity contribution >= 4 is 27.6 Å². The lowest BCUT2D eigenvalue weighted by Gasteiger charge is -2.15. The molecule has 0 radical (unpaired) electrons. The van der Waals surface area contributed by atoms with Crippen molar-refractivity contribution in [3.8, 4) is 6.07 Å². The first-order valence-corrected chi connectivity index (χ1v) is 8.35. The third-order valence-electron chi connectivity index (χ3n) is 3.52. The Morgan fingerprint density at radius 1 is 1.43 bits per heavy atom. The number of carbonyl (C=O) groups is 2. The molecule has 0 aliphatic rings. The van der Waals surface area contributed by atoms with Crippen molar-refractivity contribution in [1.29, 1.82) is 5.26 Å². The molecule has 0 heterocycles. The zero-order valence-corrected chi connectivity index (χ0v) is 14.8. The maximum atomic E-state index is 13.2. The Hall–Kier alpha value is -1.74. The number of nitriles is 1. The molecule has 0 saturated heterocycles. The summed E-state index contributed by atoms with van der Waals surface area (Å²) in [5, 5.41) is 11.7. The number of nitrogens with zero attached hydrogens (tertiary/aromatic N) is 1. The SMILES string of the molecule is CCCCNC(=O)[C@H](C#N)C(=O)[C@H](C)Cc1ccc(F)c(Br)c1. The third-order valence-corrected chi connectivity index (χ3v) is 4.12. The molecule has 4 nitrogen and oxygen atoms in total. The molecule has 1 aromatic rings. The van der Waals surface area contributed by atoms with Gasteiger partial charge in [-0.05, 0) is 46.5 Å². The average Bonchev–Trinajstić information content (AvgIpc) is 2.51. The Kier molecular flexibility index (Phi) is 7.90. The Morgan fingerprint density at radius 3 is 2.70 bits per heavy atom. The largest absolute Gasteiger partial charge is 0.355 e. The van der Waals surface area contributed by atoms with Gasteiger partial charge < -0.3 is 5.32 Å². The fourth-order valence-corrected chi connectivity index (χ4v) is 2.57. The normalized spacial score (nSPS) is 13.0. The van der Waals surface area contributed by atoms with Gasteiger partial charge in [0.15, 0.2) is 11.7 Å². The predicted molar refractivity (Wildman–Crippen MR) is 89.0 cm³/mol. The van der Waals surface area contributed by atoms with Crippen LogP contribution in [-0.4, -0.2) is 18.2 Å². The first-order valence-electron chi connectivity index (χ1n) is 7.55. The van der Waals surface area contributed by atoms with Crippen molar-refractivity contribution in [2.75, 3.05) is 6.54 Å². The Morgan fingerprint density at radius 2 is 2.13 bits per heavy atom. The van der Waals surface area contributed by atoms with E-state index in [4.69, 9.17) is 5.26 Å². The first-order chi connectivity index (χ1) is 10.9. The van der Waals surface area contributed by atoms with E-state index in [2.05, 4.69) is 21.2 Å². The Balaban J connectivity index is 2.71. The number of benzene rings is 1. The fraction of sp³-hybridized carbons (Fsp3) is 0.471. The fourth-order valence-electron chi connectivity index (χ4n) is 2.15. The summed E-state index contributed by atoms with van der Waals surface area (Å²) in [5.74, 6) is -3.14. The van der Waals surface area contributed by atoms with E-state index in [1.807, 2.05) is 6.92 Å². The molecule has 1 N–H and O–H groups in total. The molecular weight excluding hydrogens is 363 g/mol. The van der Waals surface area contributed by atoms with Crippen LogP contribution < -0.4 is 5.32 Å². The van der Waals surface area contributed by atoms with Crippen LogP contribution in [0, 0.1) is 29.0 Å². The molecule has 0 aliphatic carbocycles. The second-order valence-electron chi connectivity index (χ2n) is 5.46. The minimum absolute atomic E-state index is 0.323. The van der Waals surface area contributed by atoms with Gasteiger partial charge in [-0.2, -0.15) is 5.26 Å². The molecule has 2 atom stereocenters. The van der Waals surface area contributed by atoms with Crippen LogP contribution in [-0.2, 0) is 16.0 Å². The van der Waals surface area contributed by atoms with Crippen molar-refractivity contribution in [2.45, 2.75) is 33.1 Å². The van der Waals surface area contributed by atoms with Gasteiger partial charge in [-0.1, -0.05) is 26.3 Å². The van der Waals surface area contributed by atoms with Crippen molar-refractivity contribution in [1.82, 2.24) is 5.32 Å². The molecule has 0 spiro atoms. The average molecular weight is 383 g/mol. The van der Waals surface area contributed by atoms with Crippen molar-refractivity contribution in [3.63, 3.8) is 0 Å². The van der Waals surface area contributed by atoms with Crippen LogP contribution in [0.3, 0.4) is 0 Å². The molecule has 6 heteroatoms. The number of ketones is 1. The second-order valence-corrected chi connectivity index (χ2v) is 6.32. The Labute approximate surface area is 144 Å². The summed E-state index contributed by atoms with van der Waals surface area (Å²) in [7, 11) is 0. The molecule has 1 rings (SSSR count). The maximum Gasteiger partial charge on any atom is 0.245 e. The number of hydrogen-bond donors (Lipinski definition) is 1. The van der Waals surface area contributed by atoms with Crippen LogP contribution in [0.4, 0.5) is 4.39 Å². The van der Waals surface area contributed by atoms with E-state index in [-0.39, 0.29) is 5.82 Å². The smallest absolute Gasteiger partial charge is 0.245 e. The highest BCUT2D eigenvalue weighted by Gasteiger charge is 2.30. The summed E-state index contributed by atoms with van der Waals surface area (Å²) in [6.07, 6.45) is 2.07. The van der Waals surface area contributed by atoms with Crippen molar-refractivity contribution in [3.05, 3.63) is 34.1 Å². The predicted octanol–water partition coefficient (Wildman–Crippen LogP) is 3.39. The minimum Gasteiger partial charge on any atom is -0.355 e. The number of unbranched alkanes of at least 4 members (excludes halogenated alkanes) is 1. The van der Waals surface area contributed by atoms with E-state index in [0.29, 0.717) is 17.4 Å². The number of carbonyl (C=O) groups excluding carboxylic acids is 2. The summed E-state index contributed by atoms with van der Waals surface area (Å²) in [6, 6.07) is 6.29. The summed E-state index contributed by atoms with van der Waals surface area (Å²) in [6.45, 7) is 4.12. The Bertz CT molecular complexity index is 613. The van der Waals surface area contributed by atoms with Gasteiger partial charge in [0.25, 0.3) is 0 Å². The summed E-state index contributed by atoms with van der Waals surface area (Å²) in [5.41, 5.74) is 0.766. The van der Waals surface area contributed by atoms with Crippen LogP contribution in [0.2, 0.25) is 0 Å². The zero-order chi connectivity index (χ0) is 17.4. The van der Waals surface area contributed by atoms with Gasteiger partial charge in [0, 0.05) is 12.5 Å². The zero-order valence-electron chi connectivity index (χ0n) is 13.2. The molecular formula is C17H20BrFN2O2. The van der Waals surface area contributed by atoms with Crippen LogP contribution in [0.5, 0.6) is 0 Å². The van der Waals surface area contributed by atoms with Crippen molar-refractivity contribution < 1.29 is 14.0 Å². The van der Waals surface area contributed by atoms with Gasteiger partial charge in [0.05, 0.1) is 10.5 Å². The van der Waals surface area contributed by atoms with E-state index in [1.54, 1.807) is 25.1 Å². The molecule has 23 heavy (non-hydrogen) atoms. The molecule has 1 aromatic carbocycles. The van der Waals surface area contributed by atoms with Crippen LogP contribution in [0.15, 0.2) is 22.7 Å². The van der Waals surface area contributed by atoms with Gasteiger partial charge in [-0.3, -0.25) is 9.59 Å². The van der Waals surface area contributed by atoms with Gasteiger partial charge >= 0.3 is 0 Å². The third kappa shape index (κ3) is 5.76. The van der Waals surface area contributed by atoms with Gasteiger partial charge in [0.2, 0.25) is 5.91 Å². The minimum atomic E-state index is -1.30. The number of Topliss-reactive ketones (excluding diaryl/α,β-unsaturated/α-hetero) is 1. The standard InChI is InChI=1S/C17H20BrFN2O2/c1-3-4-7-21-17(23)13(10-20)16(22)11(2)8-12-5-6-15(19)14(18)9-12/h5-6,9,11,13H,3-4,7-8H2,1-2H3,(H,21,23)/t11-,13-/m1/s1. The lowest BCUT2D eigenvalue weighted by Crippen LogP contribution is -2.37. The topological polar surface area (TPSA) is 70.0 Å². The number of amides is 1. The van der Waals surface area contributed by atoms with Gasteiger partial charge in [0.1, 0.15) is 5.82 Å². The molecule has 0 aliphatic heterocycles. The molecule has 0 saturated carbocycles. The maximum absolute atomic E-state index is 13.2. The lowest BCUT2D eigenvalue weighted by atomic mass is 9.89. The quantitative estimate of drug-likeness (QED) is 0.553. The van der Waals surface area contributed by atoms with Crippen LogP contribution in [0.1, 0.15) is 32.3 Å². The van der Waals surface area contributed by atoms with Crippen molar-refractivity contribution in [2.24, 2.45) is 11.8 Å². The van der Waals surface area contributed by atoms with E-state index < -0.39 is 23.5 Å². The van der Waals surface area contributed by atoms with E-state index in [0.717, 1.165) is 18.4 Å². The number of halogens is 2. The molecule has 124 valence electrons. The summed E-state index contributed by atoms with van der Waals surface area (Å²) >= 11 is 3.10.